The smallest absolute Gasteiger partial charge is 0.140 e. The fourth-order valence-corrected chi connectivity index (χ4v) is 2.44. The van der Waals surface area contributed by atoms with E-state index in [0.717, 1.165) is 28.6 Å². The van der Waals surface area contributed by atoms with Crippen molar-refractivity contribution in [3.8, 4) is 5.75 Å². The Kier molecular flexibility index (Phi) is 3.52. The van der Waals surface area contributed by atoms with Gasteiger partial charge in [0.15, 0.2) is 0 Å². The molecule has 100 valence electrons. The van der Waals surface area contributed by atoms with Crippen molar-refractivity contribution in [2.45, 2.75) is 6.42 Å². The van der Waals surface area contributed by atoms with Crippen LogP contribution >= 0.6 is 11.6 Å². The third-order valence-electron chi connectivity index (χ3n) is 3.23. The molecular formula is C16H13ClN2O. The van der Waals surface area contributed by atoms with Gasteiger partial charge in [0.05, 0.1) is 12.6 Å². The highest BCUT2D eigenvalue weighted by atomic mass is 35.5. The fourth-order valence-electron chi connectivity index (χ4n) is 2.24. The number of rotatable bonds is 3. The van der Waals surface area contributed by atoms with E-state index in [2.05, 4.69) is 22.1 Å². The van der Waals surface area contributed by atoms with Crippen LogP contribution in [0.25, 0.3) is 10.9 Å². The van der Waals surface area contributed by atoms with Gasteiger partial charge in [0.2, 0.25) is 0 Å². The predicted octanol–water partition coefficient (Wildman–Crippen LogP) is 3.88. The van der Waals surface area contributed by atoms with Crippen LogP contribution in [0.1, 0.15) is 11.1 Å². The number of benzene rings is 2. The molecule has 0 spiro atoms. The molecule has 0 unspecified atom stereocenters. The number of aromatic nitrogens is 2. The molecule has 0 saturated carbocycles. The normalized spacial score (nSPS) is 10.7. The number of hydrogen-bond acceptors (Lipinski definition) is 3. The lowest BCUT2D eigenvalue weighted by molar-refractivity contribution is 0.411. The van der Waals surface area contributed by atoms with Gasteiger partial charge in [0, 0.05) is 17.9 Å². The van der Waals surface area contributed by atoms with Crippen molar-refractivity contribution in [2.75, 3.05) is 7.11 Å². The molecule has 0 aliphatic heterocycles. The molecule has 0 aliphatic rings. The molecule has 20 heavy (non-hydrogen) atoms. The third kappa shape index (κ3) is 2.45. The first-order valence-corrected chi connectivity index (χ1v) is 6.67. The van der Waals surface area contributed by atoms with Gasteiger partial charge in [0.1, 0.15) is 17.2 Å². The quantitative estimate of drug-likeness (QED) is 0.685. The van der Waals surface area contributed by atoms with Crippen LogP contribution in [-0.2, 0) is 6.42 Å². The van der Waals surface area contributed by atoms with Gasteiger partial charge in [-0.2, -0.15) is 0 Å². The van der Waals surface area contributed by atoms with Crippen LogP contribution in [0, 0.1) is 0 Å². The van der Waals surface area contributed by atoms with E-state index in [0.29, 0.717) is 5.15 Å². The molecule has 0 bridgehead atoms. The molecule has 1 heterocycles. The second-order valence-corrected chi connectivity index (χ2v) is 4.87. The number of hydrogen-bond donors (Lipinski definition) is 0. The summed E-state index contributed by atoms with van der Waals surface area (Å²) in [4.78, 5) is 8.25. The molecule has 1 aromatic heterocycles. The molecule has 0 aliphatic carbocycles. The Labute approximate surface area is 122 Å². The summed E-state index contributed by atoms with van der Waals surface area (Å²) in [5.41, 5.74) is 3.08. The number of nitrogens with zero attached hydrogens (tertiary/aromatic N) is 2. The molecule has 2 aromatic carbocycles. The number of methoxy groups -OCH3 is 1. The van der Waals surface area contributed by atoms with Crippen molar-refractivity contribution in [3.63, 3.8) is 0 Å². The first-order chi connectivity index (χ1) is 9.78. The second kappa shape index (κ2) is 5.47. The van der Waals surface area contributed by atoms with E-state index in [1.807, 2.05) is 30.3 Å². The van der Waals surface area contributed by atoms with Crippen molar-refractivity contribution in [1.82, 2.24) is 9.97 Å². The van der Waals surface area contributed by atoms with E-state index in [1.165, 1.54) is 11.9 Å². The van der Waals surface area contributed by atoms with E-state index in [9.17, 15) is 0 Å². The topological polar surface area (TPSA) is 35.0 Å². The van der Waals surface area contributed by atoms with Crippen molar-refractivity contribution in [2.24, 2.45) is 0 Å². The highest BCUT2D eigenvalue weighted by Gasteiger charge is 2.09. The first-order valence-electron chi connectivity index (χ1n) is 6.29. The zero-order chi connectivity index (χ0) is 13.9. The van der Waals surface area contributed by atoms with E-state index in [-0.39, 0.29) is 0 Å². The lowest BCUT2D eigenvalue weighted by Crippen LogP contribution is -1.96. The lowest BCUT2D eigenvalue weighted by atomic mass is 10.0. The van der Waals surface area contributed by atoms with Gasteiger partial charge < -0.3 is 4.74 Å². The Morgan fingerprint density at radius 3 is 2.65 bits per heavy atom. The van der Waals surface area contributed by atoms with Gasteiger partial charge in [0.25, 0.3) is 0 Å². The maximum absolute atomic E-state index is 6.14. The SMILES string of the molecule is COc1cc2ncnc(Cl)c2cc1Cc1ccccc1. The fraction of sp³-hybridized carbons (Fsp3) is 0.125. The summed E-state index contributed by atoms with van der Waals surface area (Å²) >= 11 is 6.14. The summed E-state index contributed by atoms with van der Waals surface area (Å²) < 4.78 is 5.46. The van der Waals surface area contributed by atoms with Gasteiger partial charge in [-0.15, -0.1) is 0 Å². The largest absolute Gasteiger partial charge is 0.496 e. The van der Waals surface area contributed by atoms with Crippen LogP contribution in [0.2, 0.25) is 5.15 Å². The van der Waals surface area contributed by atoms with Gasteiger partial charge in [-0.1, -0.05) is 41.9 Å². The summed E-state index contributed by atoms with van der Waals surface area (Å²) in [6.07, 6.45) is 2.24. The molecule has 0 amide bonds. The summed E-state index contributed by atoms with van der Waals surface area (Å²) in [6, 6.07) is 14.1. The molecule has 4 heteroatoms. The Bertz CT molecular complexity index is 744. The average molecular weight is 285 g/mol. The van der Waals surface area contributed by atoms with Gasteiger partial charge in [-0.25, -0.2) is 9.97 Å². The lowest BCUT2D eigenvalue weighted by Gasteiger charge is -2.10. The van der Waals surface area contributed by atoms with Crippen molar-refractivity contribution in [1.29, 1.82) is 0 Å². The van der Waals surface area contributed by atoms with Crippen molar-refractivity contribution < 1.29 is 4.74 Å². The molecule has 3 aromatic rings. The minimum Gasteiger partial charge on any atom is -0.496 e. The summed E-state index contributed by atoms with van der Waals surface area (Å²) in [5.74, 6) is 0.816. The molecular weight excluding hydrogens is 272 g/mol. The Balaban J connectivity index is 2.11. The molecule has 0 radical (unpaired) electrons. The molecule has 3 nitrogen and oxygen atoms in total. The highest BCUT2D eigenvalue weighted by Crippen LogP contribution is 2.29. The number of ether oxygens (including phenoxy) is 1. The van der Waals surface area contributed by atoms with Gasteiger partial charge in [-0.3, -0.25) is 0 Å². The molecule has 0 saturated heterocycles. The monoisotopic (exact) mass is 284 g/mol. The minimum absolute atomic E-state index is 0.465. The van der Waals surface area contributed by atoms with Crippen LogP contribution in [0.3, 0.4) is 0 Å². The van der Waals surface area contributed by atoms with E-state index in [1.54, 1.807) is 7.11 Å². The van der Waals surface area contributed by atoms with Gasteiger partial charge in [-0.05, 0) is 17.2 Å². The predicted molar refractivity (Wildman–Crippen MR) is 80.3 cm³/mol. The maximum Gasteiger partial charge on any atom is 0.140 e. The number of fused-ring (bicyclic) bond motifs is 1. The molecule has 0 fully saturated rings. The summed E-state index contributed by atoms with van der Waals surface area (Å²) in [5, 5.41) is 1.31. The van der Waals surface area contributed by atoms with Crippen LogP contribution < -0.4 is 4.74 Å². The highest BCUT2D eigenvalue weighted by molar-refractivity contribution is 6.34. The summed E-state index contributed by atoms with van der Waals surface area (Å²) in [6.45, 7) is 0. The van der Waals surface area contributed by atoms with E-state index in [4.69, 9.17) is 16.3 Å². The zero-order valence-electron chi connectivity index (χ0n) is 11.0. The standard InChI is InChI=1S/C16H13ClN2O/c1-20-15-9-14-13(16(17)19-10-18-14)8-12(15)7-11-5-3-2-4-6-11/h2-6,8-10H,7H2,1H3. The van der Waals surface area contributed by atoms with Crippen LogP contribution in [0.5, 0.6) is 5.75 Å². The van der Waals surface area contributed by atoms with Gasteiger partial charge >= 0.3 is 0 Å². The zero-order valence-corrected chi connectivity index (χ0v) is 11.8. The van der Waals surface area contributed by atoms with Crippen LogP contribution in [0.4, 0.5) is 0 Å². The maximum atomic E-state index is 6.14. The number of halogens is 1. The Morgan fingerprint density at radius 1 is 1.10 bits per heavy atom. The molecule has 3 rings (SSSR count). The Hall–Kier alpha value is -2.13. The molecule has 0 atom stereocenters. The minimum atomic E-state index is 0.465. The first kappa shape index (κ1) is 12.9. The van der Waals surface area contributed by atoms with E-state index >= 15 is 0 Å². The Morgan fingerprint density at radius 2 is 1.90 bits per heavy atom. The second-order valence-electron chi connectivity index (χ2n) is 4.51. The van der Waals surface area contributed by atoms with Crippen molar-refractivity contribution >= 4 is 22.5 Å². The third-order valence-corrected chi connectivity index (χ3v) is 3.53. The van der Waals surface area contributed by atoms with Crippen LogP contribution in [-0.4, -0.2) is 17.1 Å². The molecule has 0 N–H and O–H groups in total. The van der Waals surface area contributed by atoms with Crippen molar-refractivity contribution in [3.05, 3.63) is 65.1 Å². The van der Waals surface area contributed by atoms with E-state index < -0.39 is 0 Å². The summed E-state index contributed by atoms with van der Waals surface area (Å²) in [7, 11) is 1.67. The van der Waals surface area contributed by atoms with Crippen LogP contribution in [0.15, 0.2) is 48.8 Å². The average Bonchev–Trinajstić information content (AvgIpc) is 2.48.